The highest BCUT2D eigenvalue weighted by molar-refractivity contribution is 5.76. The second-order valence-electron chi connectivity index (χ2n) is 8.75. The summed E-state index contributed by atoms with van der Waals surface area (Å²) in [4.78, 5) is 11.5. The van der Waals surface area contributed by atoms with Gasteiger partial charge in [-0.1, -0.05) is 24.3 Å². The van der Waals surface area contributed by atoms with Gasteiger partial charge in [-0.25, -0.2) is 0 Å². The lowest BCUT2D eigenvalue weighted by Gasteiger charge is -2.41. The molecule has 1 aliphatic heterocycles. The van der Waals surface area contributed by atoms with Crippen LogP contribution in [0.1, 0.15) is 25.7 Å². The van der Waals surface area contributed by atoms with Crippen molar-refractivity contribution in [2.75, 3.05) is 13.7 Å². The fourth-order valence-electron chi connectivity index (χ4n) is 5.13. The van der Waals surface area contributed by atoms with E-state index in [4.69, 9.17) is 9.47 Å². The molecule has 33 heavy (non-hydrogen) atoms. The van der Waals surface area contributed by atoms with Gasteiger partial charge in [-0.15, -0.1) is 10.2 Å². The number of hydrogen-bond donors (Lipinski definition) is 3. The number of aliphatic carboxylic acids is 1. The minimum absolute atomic E-state index is 0.00244. The third kappa shape index (κ3) is 4.41. The summed E-state index contributed by atoms with van der Waals surface area (Å²) in [6, 6.07) is 13.3. The molecule has 5 rings (SSSR count). The van der Waals surface area contributed by atoms with E-state index in [0.717, 1.165) is 48.2 Å². The SMILES string of the molecule is COc1ccccc1-c1ccc(-c2nn[nH]n2)c(O[C@H]2CC[C@H]3CN[C@H](C(=O)O)C[C@H]3C2)c1. The highest BCUT2D eigenvalue weighted by Crippen LogP contribution is 2.40. The van der Waals surface area contributed by atoms with Crippen molar-refractivity contribution in [1.29, 1.82) is 0 Å². The van der Waals surface area contributed by atoms with E-state index < -0.39 is 12.0 Å². The summed E-state index contributed by atoms with van der Waals surface area (Å²) in [5.41, 5.74) is 2.70. The number of aromatic amines is 1. The quantitative estimate of drug-likeness (QED) is 0.525. The number of methoxy groups -OCH3 is 1. The predicted octanol–water partition coefficient (Wildman–Crippen LogP) is 3.15. The van der Waals surface area contributed by atoms with Gasteiger partial charge in [-0.2, -0.15) is 5.21 Å². The zero-order valence-electron chi connectivity index (χ0n) is 18.4. The van der Waals surface area contributed by atoms with E-state index in [1.165, 1.54) is 0 Å². The number of nitrogens with zero attached hydrogens (tertiary/aromatic N) is 3. The van der Waals surface area contributed by atoms with Crippen LogP contribution in [0, 0.1) is 11.8 Å². The lowest BCUT2D eigenvalue weighted by Crippen LogP contribution is -2.50. The van der Waals surface area contributed by atoms with Crippen LogP contribution in [0.5, 0.6) is 11.5 Å². The normalized spacial score (nSPS) is 24.6. The van der Waals surface area contributed by atoms with Crippen molar-refractivity contribution in [2.24, 2.45) is 11.8 Å². The van der Waals surface area contributed by atoms with Gasteiger partial charge >= 0.3 is 5.97 Å². The molecule has 3 N–H and O–H groups in total. The first kappa shape index (κ1) is 21.4. The molecule has 2 fully saturated rings. The Labute approximate surface area is 191 Å². The number of rotatable bonds is 6. The minimum Gasteiger partial charge on any atom is -0.496 e. The van der Waals surface area contributed by atoms with Crippen molar-refractivity contribution in [3.8, 4) is 34.0 Å². The highest BCUT2D eigenvalue weighted by Gasteiger charge is 2.38. The molecule has 0 spiro atoms. The fraction of sp³-hybridized carbons (Fsp3) is 0.417. The van der Waals surface area contributed by atoms with Crippen molar-refractivity contribution in [1.82, 2.24) is 25.9 Å². The Bertz CT molecular complexity index is 1120. The first-order chi connectivity index (χ1) is 16.1. The molecule has 0 unspecified atom stereocenters. The van der Waals surface area contributed by atoms with Crippen molar-refractivity contribution in [3.05, 3.63) is 42.5 Å². The van der Waals surface area contributed by atoms with Crippen LogP contribution in [-0.4, -0.2) is 57.5 Å². The van der Waals surface area contributed by atoms with Crippen LogP contribution in [0.15, 0.2) is 42.5 Å². The van der Waals surface area contributed by atoms with Gasteiger partial charge in [-0.3, -0.25) is 4.79 Å². The number of piperidine rings is 1. The van der Waals surface area contributed by atoms with Gasteiger partial charge in [0.05, 0.1) is 18.8 Å². The molecule has 2 aliphatic rings. The Morgan fingerprint density at radius 2 is 1.94 bits per heavy atom. The van der Waals surface area contributed by atoms with Crippen LogP contribution in [0.2, 0.25) is 0 Å². The predicted molar refractivity (Wildman–Crippen MR) is 121 cm³/mol. The molecule has 0 radical (unpaired) electrons. The van der Waals surface area contributed by atoms with Crippen LogP contribution in [0.3, 0.4) is 0 Å². The summed E-state index contributed by atoms with van der Waals surface area (Å²) in [6.07, 6.45) is 3.40. The maximum Gasteiger partial charge on any atom is 0.320 e. The Balaban J connectivity index is 1.43. The molecular weight excluding hydrogens is 422 g/mol. The van der Waals surface area contributed by atoms with Crippen molar-refractivity contribution >= 4 is 5.97 Å². The molecule has 0 amide bonds. The number of hydrogen-bond acceptors (Lipinski definition) is 7. The van der Waals surface area contributed by atoms with Gasteiger partial charge in [0, 0.05) is 5.56 Å². The number of carbonyl (C=O) groups is 1. The Kier molecular flexibility index (Phi) is 5.95. The van der Waals surface area contributed by atoms with Gasteiger partial charge in [-0.05, 0) is 73.0 Å². The average Bonchev–Trinajstić information content (AvgIpc) is 3.38. The zero-order chi connectivity index (χ0) is 22.8. The molecule has 3 aromatic rings. The van der Waals surface area contributed by atoms with E-state index in [0.29, 0.717) is 29.8 Å². The van der Waals surface area contributed by atoms with Gasteiger partial charge < -0.3 is 19.9 Å². The molecule has 1 saturated heterocycles. The van der Waals surface area contributed by atoms with Gasteiger partial charge in [0.1, 0.15) is 17.5 Å². The summed E-state index contributed by atoms with van der Waals surface area (Å²) in [5.74, 6) is 1.99. The molecular formula is C24H27N5O4. The van der Waals surface area contributed by atoms with Gasteiger partial charge in [0.2, 0.25) is 5.82 Å². The van der Waals surface area contributed by atoms with Gasteiger partial charge in [0.15, 0.2) is 0 Å². The van der Waals surface area contributed by atoms with Crippen molar-refractivity contribution in [3.63, 3.8) is 0 Å². The summed E-state index contributed by atoms with van der Waals surface area (Å²) < 4.78 is 12.1. The number of benzene rings is 2. The van der Waals surface area contributed by atoms with Crippen LogP contribution >= 0.6 is 0 Å². The third-order valence-corrected chi connectivity index (χ3v) is 6.83. The molecule has 9 heteroatoms. The standard InChI is InChI=1S/C24H27N5O4/c1-32-21-5-3-2-4-18(21)14-7-9-19(23-26-28-29-27-23)22(12-14)33-17-8-6-15-13-25-20(24(30)31)11-16(15)10-17/h2-5,7,9,12,15-17,20,25H,6,8,10-11,13H2,1H3,(H,30,31)(H,26,27,28,29)/t15-,16+,17-,20-/m0/s1. The summed E-state index contributed by atoms with van der Waals surface area (Å²) in [6.45, 7) is 0.756. The summed E-state index contributed by atoms with van der Waals surface area (Å²) in [7, 11) is 1.66. The van der Waals surface area contributed by atoms with E-state index in [-0.39, 0.29) is 6.10 Å². The number of carboxylic acids is 1. The number of tetrazole rings is 1. The van der Waals surface area contributed by atoms with E-state index in [1.807, 2.05) is 42.5 Å². The molecule has 1 aliphatic carbocycles. The number of H-pyrrole nitrogens is 1. The highest BCUT2D eigenvalue weighted by atomic mass is 16.5. The van der Waals surface area contributed by atoms with Crippen molar-refractivity contribution in [2.45, 2.75) is 37.8 Å². The monoisotopic (exact) mass is 449 g/mol. The molecule has 9 nitrogen and oxygen atoms in total. The number of carboxylic acid groups (broad SMARTS) is 1. The molecule has 0 bridgehead atoms. The van der Waals surface area contributed by atoms with Crippen LogP contribution in [0.25, 0.3) is 22.5 Å². The summed E-state index contributed by atoms with van der Waals surface area (Å²) in [5, 5.41) is 27.1. The lowest BCUT2D eigenvalue weighted by atomic mass is 9.72. The van der Waals surface area contributed by atoms with Crippen LogP contribution in [0.4, 0.5) is 0 Å². The fourth-order valence-corrected chi connectivity index (χ4v) is 5.13. The van der Waals surface area contributed by atoms with E-state index in [1.54, 1.807) is 7.11 Å². The topological polar surface area (TPSA) is 122 Å². The number of ether oxygens (including phenoxy) is 2. The summed E-state index contributed by atoms with van der Waals surface area (Å²) >= 11 is 0. The van der Waals surface area contributed by atoms with Gasteiger partial charge in [0.25, 0.3) is 0 Å². The van der Waals surface area contributed by atoms with Crippen molar-refractivity contribution < 1.29 is 19.4 Å². The largest absolute Gasteiger partial charge is 0.496 e. The van der Waals surface area contributed by atoms with E-state index in [2.05, 4.69) is 25.9 Å². The second-order valence-corrected chi connectivity index (χ2v) is 8.75. The molecule has 2 heterocycles. The molecule has 1 saturated carbocycles. The first-order valence-electron chi connectivity index (χ1n) is 11.3. The molecule has 4 atom stereocenters. The van der Waals surface area contributed by atoms with Crippen LogP contribution < -0.4 is 14.8 Å². The zero-order valence-corrected chi connectivity index (χ0v) is 18.4. The number of para-hydroxylation sites is 1. The van der Waals surface area contributed by atoms with Crippen LogP contribution in [-0.2, 0) is 4.79 Å². The van der Waals surface area contributed by atoms with E-state index >= 15 is 0 Å². The Hall–Kier alpha value is -3.46. The Morgan fingerprint density at radius 1 is 1.06 bits per heavy atom. The Morgan fingerprint density at radius 3 is 2.73 bits per heavy atom. The maximum absolute atomic E-state index is 11.5. The lowest BCUT2D eigenvalue weighted by molar-refractivity contribution is -0.141. The smallest absolute Gasteiger partial charge is 0.320 e. The maximum atomic E-state index is 11.5. The first-order valence-corrected chi connectivity index (χ1v) is 11.3. The number of nitrogens with one attached hydrogen (secondary N) is 2. The average molecular weight is 450 g/mol. The van der Waals surface area contributed by atoms with E-state index in [9.17, 15) is 9.90 Å². The second kappa shape index (κ2) is 9.19. The number of fused-ring (bicyclic) bond motifs is 1. The molecule has 2 aromatic carbocycles. The third-order valence-electron chi connectivity index (χ3n) is 6.83. The number of aromatic nitrogens is 4. The molecule has 1 aromatic heterocycles. The minimum atomic E-state index is -0.777. The molecule has 172 valence electrons.